The van der Waals surface area contributed by atoms with Crippen molar-refractivity contribution in [1.82, 2.24) is 0 Å². The van der Waals surface area contributed by atoms with Gasteiger partial charge in [-0.2, -0.15) is 13.2 Å². The van der Waals surface area contributed by atoms with Crippen LogP contribution in [0.5, 0.6) is 0 Å². The third kappa shape index (κ3) is 4.22. The minimum atomic E-state index is -4.37. The summed E-state index contributed by atoms with van der Waals surface area (Å²) in [6.45, 7) is 8.77. The summed E-state index contributed by atoms with van der Waals surface area (Å²) in [5.41, 5.74) is -1.80. The number of rotatable bonds is 4. The number of benzene rings is 1. The fraction of sp³-hybridized carbons (Fsp3) is 0.562. The highest BCUT2D eigenvalue weighted by molar-refractivity contribution is 5.76. The van der Waals surface area contributed by atoms with E-state index in [1.54, 1.807) is 27.7 Å². The van der Waals surface area contributed by atoms with Crippen LogP contribution < -0.4 is 0 Å². The quantitative estimate of drug-likeness (QED) is 0.738. The van der Waals surface area contributed by atoms with E-state index >= 15 is 0 Å². The van der Waals surface area contributed by atoms with E-state index in [1.807, 2.05) is 6.92 Å². The Bertz CT molecular complexity index is 499. The second-order valence-electron chi connectivity index (χ2n) is 6.21. The maximum atomic E-state index is 12.5. The Labute approximate surface area is 123 Å². The highest BCUT2D eigenvalue weighted by Gasteiger charge is 2.35. The first-order chi connectivity index (χ1) is 9.40. The van der Waals surface area contributed by atoms with Crippen molar-refractivity contribution in [3.8, 4) is 0 Å². The van der Waals surface area contributed by atoms with Crippen LogP contribution in [0, 0.1) is 5.41 Å². The van der Waals surface area contributed by atoms with Crippen molar-refractivity contribution in [3.63, 3.8) is 0 Å². The minimum absolute atomic E-state index is 0.366. The van der Waals surface area contributed by atoms with Gasteiger partial charge < -0.3 is 4.74 Å². The van der Waals surface area contributed by atoms with Gasteiger partial charge in [-0.1, -0.05) is 19.1 Å². The van der Waals surface area contributed by atoms with Gasteiger partial charge in [0, 0.05) is 0 Å². The molecule has 0 spiro atoms. The first-order valence-electron chi connectivity index (χ1n) is 6.81. The van der Waals surface area contributed by atoms with Crippen molar-refractivity contribution in [2.45, 2.75) is 52.8 Å². The molecule has 0 unspecified atom stereocenters. The number of carbonyl (C=O) groups is 1. The van der Waals surface area contributed by atoms with Crippen LogP contribution in [-0.4, -0.2) is 5.97 Å². The molecule has 1 aromatic rings. The summed E-state index contributed by atoms with van der Waals surface area (Å²) in [6.07, 6.45) is -3.75. The molecule has 1 aromatic carbocycles. The van der Waals surface area contributed by atoms with Gasteiger partial charge in [-0.25, -0.2) is 0 Å². The molecule has 0 saturated heterocycles. The largest absolute Gasteiger partial charge is 0.454 e. The fourth-order valence-electron chi connectivity index (χ4n) is 1.63. The Morgan fingerprint density at radius 3 is 1.81 bits per heavy atom. The Hall–Kier alpha value is -1.52. The molecule has 0 N–H and O–H groups in total. The van der Waals surface area contributed by atoms with Crippen LogP contribution in [0.25, 0.3) is 0 Å². The number of carbonyl (C=O) groups excluding carboxylic acids is 1. The summed E-state index contributed by atoms with van der Waals surface area (Å²) < 4.78 is 43.1. The number of hydrogen-bond donors (Lipinski definition) is 0. The number of alkyl halides is 3. The van der Waals surface area contributed by atoms with Gasteiger partial charge in [0.05, 0.1) is 11.0 Å². The van der Waals surface area contributed by atoms with Crippen molar-refractivity contribution in [2.24, 2.45) is 5.41 Å². The lowest BCUT2D eigenvalue weighted by atomic mass is 9.89. The van der Waals surface area contributed by atoms with Gasteiger partial charge in [-0.05, 0) is 51.8 Å². The Morgan fingerprint density at radius 2 is 1.43 bits per heavy atom. The summed E-state index contributed by atoms with van der Waals surface area (Å²) >= 11 is 0. The zero-order valence-electron chi connectivity index (χ0n) is 13.0. The lowest BCUT2D eigenvalue weighted by Gasteiger charge is -2.31. The van der Waals surface area contributed by atoms with Crippen LogP contribution in [0.15, 0.2) is 24.3 Å². The highest BCUT2D eigenvalue weighted by atomic mass is 19.4. The van der Waals surface area contributed by atoms with Crippen LogP contribution in [0.2, 0.25) is 0 Å². The van der Waals surface area contributed by atoms with Crippen molar-refractivity contribution in [2.75, 3.05) is 0 Å². The normalized spacial score (nSPS) is 13.1. The van der Waals surface area contributed by atoms with E-state index < -0.39 is 22.8 Å². The van der Waals surface area contributed by atoms with Crippen molar-refractivity contribution < 1.29 is 22.7 Å². The molecule has 0 aromatic heterocycles. The average molecular weight is 302 g/mol. The minimum Gasteiger partial charge on any atom is -0.454 e. The number of hydrogen-bond acceptors (Lipinski definition) is 2. The van der Waals surface area contributed by atoms with Gasteiger partial charge in [0.15, 0.2) is 0 Å². The molecule has 0 bridgehead atoms. The third-order valence-electron chi connectivity index (χ3n) is 3.69. The van der Waals surface area contributed by atoms with Crippen molar-refractivity contribution >= 4 is 5.97 Å². The SMILES string of the molecule is CCC(C)(C)C(=O)OC(C)(C)c1ccc(C(F)(F)F)cc1. The molecule has 0 atom stereocenters. The van der Waals surface area contributed by atoms with Crippen LogP contribution in [0.4, 0.5) is 13.2 Å². The molecule has 0 fully saturated rings. The van der Waals surface area contributed by atoms with E-state index in [-0.39, 0.29) is 5.97 Å². The molecule has 0 aliphatic rings. The second-order valence-corrected chi connectivity index (χ2v) is 6.21. The van der Waals surface area contributed by atoms with Gasteiger partial charge in [-0.15, -0.1) is 0 Å². The molecule has 118 valence electrons. The number of halogens is 3. The van der Waals surface area contributed by atoms with Crippen LogP contribution in [0.1, 0.15) is 52.2 Å². The Kier molecular flexibility index (Phi) is 4.76. The second kappa shape index (κ2) is 5.70. The molecule has 21 heavy (non-hydrogen) atoms. The van der Waals surface area contributed by atoms with Gasteiger partial charge >= 0.3 is 12.1 Å². The predicted octanol–water partition coefficient (Wildman–Crippen LogP) is 4.92. The monoisotopic (exact) mass is 302 g/mol. The molecular formula is C16H21F3O2. The van der Waals surface area contributed by atoms with Crippen molar-refractivity contribution in [1.29, 1.82) is 0 Å². The van der Waals surface area contributed by atoms with Gasteiger partial charge in [0.1, 0.15) is 5.60 Å². The van der Waals surface area contributed by atoms with E-state index in [0.29, 0.717) is 12.0 Å². The maximum absolute atomic E-state index is 12.5. The van der Waals surface area contributed by atoms with Crippen LogP contribution in [0.3, 0.4) is 0 Å². The van der Waals surface area contributed by atoms with Crippen molar-refractivity contribution in [3.05, 3.63) is 35.4 Å². The fourth-order valence-corrected chi connectivity index (χ4v) is 1.63. The summed E-state index contributed by atoms with van der Waals surface area (Å²) in [6, 6.07) is 4.68. The molecule has 5 heteroatoms. The number of ether oxygens (including phenoxy) is 1. The summed E-state index contributed by atoms with van der Waals surface area (Å²) in [4.78, 5) is 12.1. The van der Waals surface area contributed by atoms with Gasteiger partial charge in [-0.3, -0.25) is 4.79 Å². The summed E-state index contributed by atoms with van der Waals surface area (Å²) in [5.74, 6) is -0.366. The first-order valence-corrected chi connectivity index (χ1v) is 6.81. The molecule has 0 amide bonds. The zero-order chi connectivity index (χ0) is 16.5. The molecule has 0 saturated carbocycles. The summed E-state index contributed by atoms with van der Waals surface area (Å²) in [5, 5.41) is 0. The Balaban J connectivity index is 2.96. The first kappa shape index (κ1) is 17.5. The molecule has 2 nitrogen and oxygen atoms in total. The van der Waals surface area contributed by atoms with E-state index in [4.69, 9.17) is 4.74 Å². The molecular weight excluding hydrogens is 281 g/mol. The number of esters is 1. The Morgan fingerprint density at radius 1 is 1.00 bits per heavy atom. The van der Waals surface area contributed by atoms with E-state index in [0.717, 1.165) is 12.1 Å². The molecule has 1 rings (SSSR count). The van der Waals surface area contributed by atoms with Gasteiger partial charge in [0.25, 0.3) is 0 Å². The van der Waals surface area contributed by atoms with Gasteiger partial charge in [0.2, 0.25) is 0 Å². The average Bonchev–Trinajstić information content (AvgIpc) is 2.37. The lowest BCUT2D eigenvalue weighted by Crippen LogP contribution is -2.33. The smallest absolute Gasteiger partial charge is 0.416 e. The standard InChI is InChI=1S/C16H21F3O2/c1-6-14(2,3)13(20)21-15(4,5)11-7-9-12(10-8-11)16(17,18)19/h7-10H,6H2,1-5H3. The maximum Gasteiger partial charge on any atom is 0.416 e. The summed E-state index contributed by atoms with van der Waals surface area (Å²) in [7, 11) is 0. The van der Waals surface area contributed by atoms with Crippen LogP contribution in [-0.2, 0) is 21.3 Å². The van der Waals surface area contributed by atoms with Crippen LogP contribution >= 0.6 is 0 Å². The third-order valence-corrected chi connectivity index (χ3v) is 3.69. The topological polar surface area (TPSA) is 26.3 Å². The zero-order valence-corrected chi connectivity index (χ0v) is 13.0. The molecule has 0 heterocycles. The molecule has 0 aliphatic heterocycles. The van der Waals surface area contributed by atoms with E-state index in [1.165, 1.54) is 12.1 Å². The molecule has 0 aliphatic carbocycles. The molecule has 0 radical (unpaired) electrons. The highest BCUT2D eigenvalue weighted by Crippen LogP contribution is 2.33. The van der Waals surface area contributed by atoms with E-state index in [9.17, 15) is 18.0 Å². The predicted molar refractivity (Wildman–Crippen MR) is 74.6 cm³/mol. The van der Waals surface area contributed by atoms with E-state index in [2.05, 4.69) is 0 Å². The lowest BCUT2D eigenvalue weighted by molar-refractivity contribution is -0.168.